The average molecular weight is 339 g/mol. The molecule has 6 heteroatoms. The number of hydrogen-bond donors (Lipinski definition) is 1. The van der Waals surface area contributed by atoms with Crippen LogP contribution in [0.2, 0.25) is 0 Å². The van der Waals surface area contributed by atoms with Gasteiger partial charge in [-0.1, -0.05) is 30.3 Å². The normalized spacial score (nSPS) is 12.3. The lowest BCUT2D eigenvalue weighted by molar-refractivity contribution is -0.123. The highest BCUT2D eigenvalue weighted by molar-refractivity contribution is 5.81. The summed E-state index contributed by atoms with van der Waals surface area (Å²) in [5.41, 5.74) is 7.55. The third-order valence-electron chi connectivity index (χ3n) is 3.86. The van der Waals surface area contributed by atoms with Crippen LogP contribution in [0.25, 0.3) is 11.5 Å². The number of benzene rings is 2. The average Bonchev–Trinajstić information content (AvgIpc) is 3.04. The number of primary amides is 1. The molecular formula is C19H18FN3O2. The van der Waals surface area contributed by atoms with E-state index in [0.717, 1.165) is 5.56 Å². The van der Waals surface area contributed by atoms with Crippen molar-refractivity contribution in [1.82, 2.24) is 9.88 Å². The summed E-state index contributed by atoms with van der Waals surface area (Å²) in [5.74, 6) is -0.463. The zero-order valence-corrected chi connectivity index (χ0v) is 13.7. The molecule has 0 radical (unpaired) electrons. The molecular weight excluding hydrogens is 321 g/mol. The van der Waals surface area contributed by atoms with E-state index in [0.29, 0.717) is 23.7 Å². The Morgan fingerprint density at radius 3 is 2.68 bits per heavy atom. The van der Waals surface area contributed by atoms with Crippen LogP contribution in [0.1, 0.15) is 17.3 Å². The molecule has 5 nitrogen and oxygen atoms in total. The van der Waals surface area contributed by atoms with E-state index in [1.165, 1.54) is 12.1 Å². The number of carbonyl (C=O) groups excluding carboxylic acids is 1. The van der Waals surface area contributed by atoms with Crippen molar-refractivity contribution in [2.24, 2.45) is 5.73 Å². The number of nitrogens with zero attached hydrogens (tertiary/aromatic N) is 2. The number of rotatable bonds is 6. The largest absolute Gasteiger partial charge is 0.444 e. The molecule has 3 rings (SSSR count). The van der Waals surface area contributed by atoms with Crippen LogP contribution in [0.3, 0.4) is 0 Å². The third kappa shape index (κ3) is 3.92. The summed E-state index contributed by atoms with van der Waals surface area (Å²) in [6, 6.07) is 14.6. The van der Waals surface area contributed by atoms with Crippen LogP contribution in [-0.2, 0) is 11.3 Å². The molecule has 0 aliphatic rings. The molecule has 0 saturated carbocycles. The van der Waals surface area contributed by atoms with Crippen LogP contribution in [-0.4, -0.2) is 22.8 Å². The van der Waals surface area contributed by atoms with Gasteiger partial charge in [-0.3, -0.25) is 9.69 Å². The maximum absolute atomic E-state index is 13.5. The molecule has 1 amide bonds. The second-order valence-corrected chi connectivity index (χ2v) is 5.79. The highest BCUT2D eigenvalue weighted by atomic mass is 19.1. The van der Waals surface area contributed by atoms with Crippen molar-refractivity contribution >= 4 is 5.91 Å². The van der Waals surface area contributed by atoms with Crippen molar-refractivity contribution in [1.29, 1.82) is 0 Å². The maximum atomic E-state index is 13.5. The van der Waals surface area contributed by atoms with Crippen LogP contribution in [0.4, 0.5) is 4.39 Å². The van der Waals surface area contributed by atoms with Crippen LogP contribution in [0, 0.1) is 5.82 Å². The molecule has 1 atom stereocenters. The monoisotopic (exact) mass is 339 g/mol. The fourth-order valence-electron chi connectivity index (χ4n) is 2.75. The van der Waals surface area contributed by atoms with E-state index >= 15 is 0 Å². The van der Waals surface area contributed by atoms with Gasteiger partial charge in [0.25, 0.3) is 0 Å². The minimum Gasteiger partial charge on any atom is -0.444 e. The van der Waals surface area contributed by atoms with E-state index in [9.17, 15) is 9.18 Å². The first-order valence-corrected chi connectivity index (χ1v) is 7.79. The quantitative estimate of drug-likeness (QED) is 0.749. The summed E-state index contributed by atoms with van der Waals surface area (Å²) >= 11 is 0. The van der Waals surface area contributed by atoms with Crippen molar-refractivity contribution in [2.45, 2.75) is 12.6 Å². The van der Waals surface area contributed by atoms with Gasteiger partial charge < -0.3 is 10.2 Å². The second-order valence-electron chi connectivity index (χ2n) is 5.79. The Morgan fingerprint density at radius 1 is 1.24 bits per heavy atom. The topological polar surface area (TPSA) is 72.4 Å². The van der Waals surface area contributed by atoms with E-state index in [1.54, 1.807) is 30.3 Å². The van der Waals surface area contributed by atoms with Crippen molar-refractivity contribution in [2.75, 3.05) is 7.05 Å². The van der Waals surface area contributed by atoms with Crippen molar-refractivity contribution in [3.63, 3.8) is 0 Å². The molecule has 0 aliphatic heterocycles. The van der Waals surface area contributed by atoms with Gasteiger partial charge in [-0.25, -0.2) is 9.37 Å². The third-order valence-corrected chi connectivity index (χ3v) is 3.86. The van der Waals surface area contributed by atoms with Crippen LogP contribution in [0.15, 0.2) is 65.3 Å². The summed E-state index contributed by atoms with van der Waals surface area (Å²) in [7, 11) is 1.73. The lowest BCUT2D eigenvalue weighted by Gasteiger charge is -2.24. The maximum Gasteiger partial charge on any atom is 0.239 e. The Balaban J connectivity index is 1.79. The minimum absolute atomic E-state index is 0.334. The highest BCUT2D eigenvalue weighted by Crippen LogP contribution is 2.23. The van der Waals surface area contributed by atoms with Gasteiger partial charge in [0, 0.05) is 12.1 Å². The number of nitrogens with two attached hydrogens (primary N) is 1. The molecule has 0 bridgehead atoms. The predicted octanol–water partition coefficient (Wildman–Crippen LogP) is 3.14. The van der Waals surface area contributed by atoms with Crippen molar-refractivity contribution in [3.05, 3.63) is 77.9 Å². The lowest BCUT2D eigenvalue weighted by Crippen LogP contribution is -2.35. The summed E-state index contributed by atoms with van der Waals surface area (Å²) < 4.78 is 19.0. The predicted molar refractivity (Wildman–Crippen MR) is 91.7 cm³/mol. The van der Waals surface area contributed by atoms with Gasteiger partial charge in [0.15, 0.2) is 0 Å². The Kier molecular flexibility index (Phi) is 4.90. The summed E-state index contributed by atoms with van der Waals surface area (Å²) in [5, 5.41) is 0. The van der Waals surface area contributed by atoms with Gasteiger partial charge in [0.05, 0.1) is 5.69 Å². The summed E-state index contributed by atoms with van der Waals surface area (Å²) in [6.07, 6.45) is 1.54. The Bertz CT molecular complexity index is 864. The fourth-order valence-corrected chi connectivity index (χ4v) is 2.75. The number of aromatic nitrogens is 1. The minimum atomic E-state index is -0.757. The second kappa shape index (κ2) is 7.27. The number of halogens is 1. The number of amides is 1. The molecule has 3 aromatic rings. The molecule has 2 aromatic carbocycles. The molecule has 0 saturated heterocycles. The molecule has 0 unspecified atom stereocenters. The van der Waals surface area contributed by atoms with E-state index in [-0.39, 0.29) is 0 Å². The molecule has 25 heavy (non-hydrogen) atoms. The number of carbonyl (C=O) groups is 1. The summed E-state index contributed by atoms with van der Waals surface area (Å²) in [6.45, 7) is 0.334. The zero-order chi connectivity index (χ0) is 17.8. The van der Waals surface area contributed by atoms with E-state index < -0.39 is 17.8 Å². The Labute approximate surface area is 144 Å². The van der Waals surface area contributed by atoms with E-state index in [1.807, 2.05) is 30.3 Å². The SMILES string of the molecule is CN(Cc1coc(-c2ccccc2)n1)[C@@H](C(N)=O)c1cccc(F)c1. The molecule has 0 aliphatic carbocycles. The zero-order valence-electron chi connectivity index (χ0n) is 13.7. The van der Waals surface area contributed by atoms with Crippen LogP contribution in [0.5, 0.6) is 0 Å². The lowest BCUT2D eigenvalue weighted by atomic mass is 10.0. The number of oxazole rings is 1. The Morgan fingerprint density at radius 2 is 2.00 bits per heavy atom. The van der Waals surface area contributed by atoms with Gasteiger partial charge in [0.1, 0.15) is 18.1 Å². The van der Waals surface area contributed by atoms with Crippen molar-refractivity contribution in [3.8, 4) is 11.5 Å². The standard InChI is InChI=1S/C19H18FN3O2/c1-23(17(18(21)24)14-8-5-9-15(20)10-14)11-16-12-25-19(22-16)13-6-3-2-4-7-13/h2-10,12,17H,11H2,1H3,(H2,21,24)/t17-/m1/s1. The van der Waals surface area contributed by atoms with Gasteiger partial charge in [-0.15, -0.1) is 0 Å². The first-order chi connectivity index (χ1) is 12.0. The first-order valence-electron chi connectivity index (χ1n) is 7.79. The Hall–Kier alpha value is -2.99. The molecule has 0 fully saturated rings. The molecule has 128 valence electrons. The smallest absolute Gasteiger partial charge is 0.239 e. The number of hydrogen-bond acceptors (Lipinski definition) is 4. The van der Waals surface area contributed by atoms with Gasteiger partial charge in [0.2, 0.25) is 11.8 Å². The molecule has 2 N–H and O–H groups in total. The molecule has 1 aromatic heterocycles. The summed E-state index contributed by atoms with van der Waals surface area (Å²) in [4.78, 5) is 18.0. The van der Waals surface area contributed by atoms with E-state index in [2.05, 4.69) is 4.98 Å². The molecule has 1 heterocycles. The van der Waals surface area contributed by atoms with Crippen molar-refractivity contribution < 1.29 is 13.6 Å². The highest BCUT2D eigenvalue weighted by Gasteiger charge is 2.24. The van der Waals surface area contributed by atoms with Gasteiger partial charge >= 0.3 is 0 Å². The van der Waals surface area contributed by atoms with E-state index in [4.69, 9.17) is 10.2 Å². The van der Waals surface area contributed by atoms with Crippen LogP contribution < -0.4 is 5.73 Å². The number of likely N-dealkylation sites (N-methyl/N-ethyl adjacent to an activating group) is 1. The fraction of sp³-hybridized carbons (Fsp3) is 0.158. The van der Waals surface area contributed by atoms with Crippen LogP contribution >= 0.6 is 0 Å². The molecule has 0 spiro atoms. The van der Waals surface area contributed by atoms with Gasteiger partial charge in [-0.2, -0.15) is 0 Å². The first kappa shape index (κ1) is 16.9. The van der Waals surface area contributed by atoms with Gasteiger partial charge in [-0.05, 0) is 36.9 Å².